The van der Waals surface area contributed by atoms with Gasteiger partial charge in [0.15, 0.2) is 0 Å². The van der Waals surface area contributed by atoms with E-state index in [2.05, 4.69) is 10.1 Å². The summed E-state index contributed by atoms with van der Waals surface area (Å²) in [5, 5.41) is 4.30. The molecule has 4 nitrogen and oxygen atoms in total. The Morgan fingerprint density at radius 3 is 2.94 bits per heavy atom. The monoisotopic (exact) mass is 234 g/mol. The number of hydrogen-bond acceptors (Lipinski definition) is 3. The molecule has 0 aliphatic rings. The number of aryl methyl sites for hydroxylation is 2. The van der Waals surface area contributed by atoms with Gasteiger partial charge in [0, 0.05) is 18.3 Å². The van der Waals surface area contributed by atoms with E-state index in [1.807, 2.05) is 19.9 Å². The van der Waals surface area contributed by atoms with Crippen LogP contribution < -0.4 is 5.73 Å². The van der Waals surface area contributed by atoms with Crippen LogP contribution in [-0.4, -0.2) is 14.8 Å². The van der Waals surface area contributed by atoms with Crippen LogP contribution in [0.5, 0.6) is 0 Å². The fourth-order valence-corrected chi connectivity index (χ4v) is 1.87. The summed E-state index contributed by atoms with van der Waals surface area (Å²) < 4.78 is 15.4. The molecule has 2 rings (SSSR count). The third kappa shape index (κ3) is 2.19. The predicted molar refractivity (Wildman–Crippen MR) is 62.9 cm³/mol. The molecule has 0 amide bonds. The van der Waals surface area contributed by atoms with Gasteiger partial charge in [-0.2, -0.15) is 5.10 Å². The Bertz CT molecular complexity index is 521. The SMILES string of the molecule is CCn1nc(C)cc1C(N)c1ccncc1F. The minimum Gasteiger partial charge on any atom is -0.319 e. The van der Waals surface area contributed by atoms with Crippen molar-refractivity contribution in [1.82, 2.24) is 14.8 Å². The summed E-state index contributed by atoms with van der Waals surface area (Å²) in [5.41, 5.74) is 8.21. The number of nitrogens with zero attached hydrogens (tertiary/aromatic N) is 3. The molecule has 2 aromatic heterocycles. The highest BCUT2D eigenvalue weighted by molar-refractivity contribution is 5.27. The Labute approximate surface area is 99.3 Å². The van der Waals surface area contributed by atoms with Crippen LogP contribution in [0.2, 0.25) is 0 Å². The topological polar surface area (TPSA) is 56.7 Å². The zero-order chi connectivity index (χ0) is 12.4. The number of rotatable bonds is 3. The van der Waals surface area contributed by atoms with Crippen LogP contribution in [0.25, 0.3) is 0 Å². The minimum atomic E-state index is -0.515. The van der Waals surface area contributed by atoms with Gasteiger partial charge in [0.25, 0.3) is 0 Å². The molecule has 0 fully saturated rings. The summed E-state index contributed by atoms with van der Waals surface area (Å²) in [6.45, 7) is 4.58. The van der Waals surface area contributed by atoms with Gasteiger partial charge in [-0.25, -0.2) is 4.39 Å². The highest BCUT2D eigenvalue weighted by Crippen LogP contribution is 2.22. The van der Waals surface area contributed by atoms with E-state index >= 15 is 0 Å². The summed E-state index contributed by atoms with van der Waals surface area (Å²) in [6, 6.07) is 2.97. The van der Waals surface area contributed by atoms with Crippen molar-refractivity contribution in [2.24, 2.45) is 5.73 Å². The van der Waals surface area contributed by atoms with Crippen LogP contribution in [0.15, 0.2) is 24.5 Å². The summed E-state index contributed by atoms with van der Waals surface area (Å²) in [6.07, 6.45) is 2.71. The van der Waals surface area contributed by atoms with Crippen LogP contribution in [0, 0.1) is 12.7 Å². The first-order valence-electron chi connectivity index (χ1n) is 5.52. The lowest BCUT2D eigenvalue weighted by molar-refractivity contribution is 0.563. The highest BCUT2D eigenvalue weighted by atomic mass is 19.1. The Balaban J connectivity index is 2.43. The fourth-order valence-electron chi connectivity index (χ4n) is 1.87. The lowest BCUT2D eigenvalue weighted by Crippen LogP contribution is -2.18. The van der Waals surface area contributed by atoms with Crippen LogP contribution in [0.4, 0.5) is 4.39 Å². The van der Waals surface area contributed by atoms with E-state index in [0.29, 0.717) is 12.1 Å². The number of hydrogen-bond donors (Lipinski definition) is 1. The molecule has 0 spiro atoms. The van der Waals surface area contributed by atoms with Crippen molar-refractivity contribution in [3.63, 3.8) is 0 Å². The van der Waals surface area contributed by atoms with Gasteiger partial charge in [0.05, 0.1) is 23.6 Å². The zero-order valence-corrected chi connectivity index (χ0v) is 9.89. The first-order chi connectivity index (χ1) is 8.13. The zero-order valence-electron chi connectivity index (χ0n) is 9.89. The number of halogens is 1. The van der Waals surface area contributed by atoms with Crippen LogP contribution in [0.1, 0.15) is 29.9 Å². The molecule has 2 aromatic rings. The van der Waals surface area contributed by atoms with Gasteiger partial charge < -0.3 is 5.73 Å². The lowest BCUT2D eigenvalue weighted by atomic mass is 10.1. The molecule has 0 bridgehead atoms. The fraction of sp³-hybridized carbons (Fsp3) is 0.333. The average molecular weight is 234 g/mol. The Morgan fingerprint density at radius 2 is 2.29 bits per heavy atom. The minimum absolute atomic E-state index is 0.387. The van der Waals surface area contributed by atoms with E-state index in [9.17, 15) is 4.39 Å². The second-order valence-corrected chi connectivity index (χ2v) is 3.90. The summed E-state index contributed by atoms with van der Waals surface area (Å²) in [4.78, 5) is 3.72. The number of nitrogens with two attached hydrogens (primary N) is 1. The molecule has 0 radical (unpaired) electrons. The molecule has 1 unspecified atom stereocenters. The van der Waals surface area contributed by atoms with Crippen molar-refractivity contribution in [3.8, 4) is 0 Å². The largest absolute Gasteiger partial charge is 0.319 e. The molecular weight excluding hydrogens is 219 g/mol. The van der Waals surface area contributed by atoms with Gasteiger partial charge in [-0.1, -0.05) is 0 Å². The van der Waals surface area contributed by atoms with E-state index in [1.54, 1.807) is 10.7 Å². The van der Waals surface area contributed by atoms with Crippen LogP contribution in [-0.2, 0) is 6.54 Å². The first kappa shape index (κ1) is 11.7. The lowest BCUT2D eigenvalue weighted by Gasteiger charge is -2.13. The molecular formula is C12H15FN4. The van der Waals surface area contributed by atoms with E-state index in [0.717, 1.165) is 11.4 Å². The van der Waals surface area contributed by atoms with Gasteiger partial charge >= 0.3 is 0 Å². The number of pyridine rings is 1. The molecule has 0 aliphatic heterocycles. The first-order valence-corrected chi connectivity index (χ1v) is 5.52. The van der Waals surface area contributed by atoms with Gasteiger partial charge in [-0.05, 0) is 26.0 Å². The molecule has 0 aliphatic carbocycles. The van der Waals surface area contributed by atoms with Crippen molar-refractivity contribution in [3.05, 3.63) is 47.3 Å². The van der Waals surface area contributed by atoms with Crippen LogP contribution >= 0.6 is 0 Å². The van der Waals surface area contributed by atoms with Gasteiger partial charge in [0.1, 0.15) is 5.82 Å². The van der Waals surface area contributed by atoms with Gasteiger partial charge in [0.2, 0.25) is 0 Å². The van der Waals surface area contributed by atoms with E-state index in [4.69, 9.17) is 5.73 Å². The van der Waals surface area contributed by atoms with Crippen molar-refractivity contribution >= 4 is 0 Å². The molecule has 0 aromatic carbocycles. The third-order valence-electron chi connectivity index (χ3n) is 2.69. The predicted octanol–water partition coefficient (Wildman–Crippen LogP) is 1.79. The molecule has 2 N–H and O–H groups in total. The quantitative estimate of drug-likeness (QED) is 0.880. The Morgan fingerprint density at radius 1 is 1.53 bits per heavy atom. The van der Waals surface area contributed by atoms with Crippen molar-refractivity contribution in [2.75, 3.05) is 0 Å². The maximum Gasteiger partial charge on any atom is 0.146 e. The Hall–Kier alpha value is -1.75. The maximum atomic E-state index is 13.6. The van der Waals surface area contributed by atoms with Crippen molar-refractivity contribution < 1.29 is 4.39 Å². The van der Waals surface area contributed by atoms with E-state index in [1.165, 1.54) is 12.4 Å². The van der Waals surface area contributed by atoms with Gasteiger partial charge in [-0.15, -0.1) is 0 Å². The second kappa shape index (κ2) is 4.63. The maximum absolute atomic E-state index is 13.6. The van der Waals surface area contributed by atoms with E-state index < -0.39 is 6.04 Å². The van der Waals surface area contributed by atoms with Gasteiger partial charge in [-0.3, -0.25) is 9.67 Å². The second-order valence-electron chi connectivity index (χ2n) is 3.90. The molecule has 17 heavy (non-hydrogen) atoms. The summed E-state index contributed by atoms with van der Waals surface area (Å²) >= 11 is 0. The molecule has 5 heteroatoms. The average Bonchev–Trinajstić information content (AvgIpc) is 2.70. The highest BCUT2D eigenvalue weighted by Gasteiger charge is 2.17. The normalized spacial score (nSPS) is 12.7. The summed E-state index contributed by atoms with van der Waals surface area (Å²) in [7, 11) is 0. The molecule has 0 saturated carbocycles. The third-order valence-corrected chi connectivity index (χ3v) is 2.69. The molecule has 90 valence electrons. The van der Waals surface area contributed by atoms with Crippen LogP contribution in [0.3, 0.4) is 0 Å². The van der Waals surface area contributed by atoms with Crippen molar-refractivity contribution in [1.29, 1.82) is 0 Å². The van der Waals surface area contributed by atoms with Crippen molar-refractivity contribution in [2.45, 2.75) is 26.4 Å². The molecule has 2 heterocycles. The smallest absolute Gasteiger partial charge is 0.146 e. The van der Waals surface area contributed by atoms with E-state index in [-0.39, 0.29) is 5.82 Å². The number of aromatic nitrogens is 3. The molecule has 1 atom stereocenters. The molecule has 0 saturated heterocycles. The Kier molecular flexibility index (Phi) is 3.19. The standard InChI is InChI=1S/C12H15FN4/c1-3-17-11(6-8(2)16-17)12(14)9-4-5-15-7-10(9)13/h4-7,12H,3,14H2,1-2H3. The summed E-state index contributed by atoms with van der Waals surface area (Å²) in [5.74, 6) is -0.387.